The van der Waals surface area contributed by atoms with Crippen molar-refractivity contribution in [3.8, 4) is 11.1 Å². The van der Waals surface area contributed by atoms with E-state index in [1.54, 1.807) is 24.3 Å². The topological polar surface area (TPSA) is 60.7 Å². The monoisotopic (exact) mass is 518 g/mol. The Kier molecular flexibility index (Phi) is 8.00. The first-order chi connectivity index (χ1) is 16.4. The van der Waals surface area contributed by atoms with Crippen molar-refractivity contribution >= 4 is 11.3 Å². The maximum atomic E-state index is 15.1. The molecule has 0 bridgehead atoms. The molecule has 3 aromatic rings. The minimum Gasteiger partial charge on any atom is -0.392 e. The van der Waals surface area contributed by atoms with Gasteiger partial charge in [0.05, 0.1) is 13.2 Å². The van der Waals surface area contributed by atoms with Crippen LogP contribution in [0.15, 0.2) is 47.8 Å². The number of thiophene rings is 1. The van der Waals surface area contributed by atoms with Gasteiger partial charge in [-0.15, -0.1) is 11.3 Å². The summed E-state index contributed by atoms with van der Waals surface area (Å²) in [4.78, 5) is 0.759. The number of halogens is 6. The molecule has 1 atom stereocenters. The molecule has 0 radical (unpaired) electrons. The largest absolute Gasteiger partial charge is 0.459 e. The van der Waals surface area contributed by atoms with E-state index in [2.05, 4.69) is 0 Å². The van der Waals surface area contributed by atoms with E-state index >= 15 is 4.39 Å². The maximum absolute atomic E-state index is 15.1. The molecule has 0 aliphatic heterocycles. The summed E-state index contributed by atoms with van der Waals surface area (Å²) in [7, 11) is 0. The first-order valence-electron chi connectivity index (χ1n) is 10.8. The first-order valence-corrected chi connectivity index (χ1v) is 11.6. The van der Waals surface area contributed by atoms with E-state index in [1.165, 1.54) is 41.8 Å². The normalized spacial score (nSPS) is 14.2. The smallest absolute Gasteiger partial charge is 0.392 e. The molecular weight excluding hydrogens is 494 g/mol. The zero-order chi connectivity index (χ0) is 26.0. The summed E-state index contributed by atoms with van der Waals surface area (Å²) < 4.78 is 82.1. The molecule has 0 aliphatic carbocycles. The Hall–Kier alpha value is -2.40. The Bertz CT molecular complexity index is 1170. The van der Waals surface area contributed by atoms with Crippen LogP contribution < -0.4 is 0 Å². The summed E-state index contributed by atoms with van der Waals surface area (Å²) in [6.07, 6.45) is -5.36. The number of benzene rings is 2. The van der Waals surface area contributed by atoms with Crippen LogP contribution >= 0.6 is 11.3 Å². The molecule has 1 aromatic heterocycles. The summed E-state index contributed by atoms with van der Waals surface area (Å²) in [6.45, 7) is 1.02. The van der Waals surface area contributed by atoms with Gasteiger partial charge in [-0.05, 0) is 64.1 Å². The van der Waals surface area contributed by atoms with Crippen molar-refractivity contribution in [2.24, 2.45) is 0 Å². The Morgan fingerprint density at radius 2 is 1.51 bits per heavy atom. The second-order valence-corrected chi connectivity index (χ2v) is 9.10. The fourth-order valence-electron chi connectivity index (χ4n) is 3.93. The van der Waals surface area contributed by atoms with Gasteiger partial charge in [0.1, 0.15) is 0 Å². The van der Waals surface area contributed by atoms with Crippen molar-refractivity contribution in [1.82, 2.24) is 0 Å². The van der Waals surface area contributed by atoms with Crippen molar-refractivity contribution in [3.05, 3.63) is 80.5 Å². The van der Waals surface area contributed by atoms with Crippen molar-refractivity contribution in [2.75, 3.05) is 0 Å². The van der Waals surface area contributed by atoms with Gasteiger partial charge in [0.2, 0.25) is 0 Å². The van der Waals surface area contributed by atoms with Crippen molar-refractivity contribution in [3.63, 3.8) is 0 Å². The van der Waals surface area contributed by atoms with Crippen LogP contribution in [-0.4, -0.2) is 27.4 Å². The lowest BCUT2D eigenvalue weighted by Crippen LogP contribution is -2.53. The standard InChI is InChI=1S/C25H24F6O3S/c1-2-16-4-3-5-21(22(16)23(26,34)24(27,28)25(29,30)31)19-11-20(35-14-19)9-7-15-6-8-17(12-32)18(10-15)13-33/h3-6,8,10-11,14,32-34H,2,7,9,12-13H2,1H3. The molecule has 0 amide bonds. The number of aliphatic hydroxyl groups is 3. The highest BCUT2D eigenvalue weighted by molar-refractivity contribution is 7.10. The van der Waals surface area contributed by atoms with E-state index in [1.807, 2.05) is 0 Å². The average molecular weight is 519 g/mol. The number of hydrogen-bond acceptors (Lipinski definition) is 4. The Balaban J connectivity index is 1.95. The molecule has 0 spiro atoms. The average Bonchev–Trinajstić information content (AvgIpc) is 3.30. The van der Waals surface area contributed by atoms with Crippen LogP contribution in [0.25, 0.3) is 11.1 Å². The van der Waals surface area contributed by atoms with Gasteiger partial charge in [0.15, 0.2) is 0 Å². The number of hydrogen-bond donors (Lipinski definition) is 3. The highest BCUT2D eigenvalue weighted by Gasteiger charge is 2.72. The van der Waals surface area contributed by atoms with Gasteiger partial charge in [-0.1, -0.05) is 43.3 Å². The van der Waals surface area contributed by atoms with Crippen LogP contribution in [0, 0.1) is 0 Å². The molecule has 3 nitrogen and oxygen atoms in total. The third-order valence-electron chi connectivity index (χ3n) is 5.87. The fourth-order valence-corrected chi connectivity index (χ4v) is 4.82. The van der Waals surface area contributed by atoms with Crippen LogP contribution in [0.5, 0.6) is 0 Å². The molecule has 2 aromatic carbocycles. The predicted octanol–water partition coefficient (Wildman–Crippen LogP) is 6.06. The summed E-state index contributed by atoms with van der Waals surface area (Å²) in [6, 6.07) is 10.6. The number of aliphatic hydroxyl groups excluding tert-OH is 2. The molecule has 1 heterocycles. The second-order valence-electron chi connectivity index (χ2n) is 8.11. The van der Waals surface area contributed by atoms with Gasteiger partial charge in [0.25, 0.3) is 0 Å². The molecule has 0 saturated heterocycles. The minimum absolute atomic E-state index is 0.0721. The second kappa shape index (κ2) is 10.3. The maximum Gasteiger partial charge on any atom is 0.459 e. The molecule has 0 fully saturated rings. The number of alkyl halides is 6. The lowest BCUT2D eigenvalue weighted by atomic mass is 9.87. The van der Waals surface area contributed by atoms with Crippen molar-refractivity contribution in [1.29, 1.82) is 0 Å². The Labute approximate surface area is 202 Å². The quantitative estimate of drug-likeness (QED) is 0.302. The molecular formula is C25H24F6O3S. The van der Waals surface area contributed by atoms with Crippen molar-refractivity contribution < 1.29 is 41.7 Å². The van der Waals surface area contributed by atoms with E-state index in [9.17, 15) is 37.3 Å². The predicted molar refractivity (Wildman–Crippen MR) is 121 cm³/mol. The lowest BCUT2D eigenvalue weighted by molar-refractivity contribution is -0.379. The molecule has 35 heavy (non-hydrogen) atoms. The van der Waals surface area contributed by atoms with E-state index in [0.717, 1.165) is 10.4 Å². The molecule has 10 heteroatoms. The highest BCUT2D eigenvalue weighted by Crippen LogP contribution is 2.52. The van der Waals surface area contributed by atoms with Crippen LogP contribution in [0.1, 0.15) is 39.6 Å². The molecule has 190 valence electrons. The molecule has 1 unspecified atom stereocenters. The highest BCUT2D eigenvalue weighted by atomic mass is 32.1. The van der Waals surface area contributed by atoms with E-state index in [-0.39, 0.29) is 36.3 Å². The summed E-state index contributed by atoms with van der Waals surface area (Å²) in [5.74, 6) is -11.0. The third-order valence-corrected chi connectivity index (χ3v) is 6.87. The van der Waals surface area contributed by atoms with E-state index < -0.39 is 23.5 Å². The Morgan fingerprint density at radius 1 is 0.829 bits per heavy atom. The minimum atomic E-state index is -6.30. The van der Waals surface area contributed by atoms with Crippen LogP contribution in [0.2, 0.25) is 0 Å². The van der Waals surface area contributed by atoms with Gasteiger partial charge in [-0.3, -0.25) is 0 Å². The Morgan fingerprint density at radius 3 is 2.11 bits per heavy atom. The van der Waals surface area contributed by atoms with Crippen LogP contribution in [0.4, 0.5) is 26.3 Å². The zero-order valence-corrected chi connectivity index (χ0v) is 19.5. The fraction of sp³-hybridized carbons (Fsp3) is 0.360. The van der Waals surface area contributed by atoms with Gasteiger partial charge in [0, 0.05) is 10.4 Å². The van der Waals surface area contributed by atoms with Crippen LogP contribution in [-0.2, 0) is 38.3 Å². The molecule has 0 saturated carbocycles. The van der Waals surface area contributed by atoms with Gasteiger partial charge in [-0.2, -0.15) is 26.3 Å². The summed E-state index contributed by atoms with van der Waals surface area (Å²) >= 11 is 1.22. The van der Waals surface area contributed by atoms with Gasteiger partial charge < -0.3 is 15.3 Å². The molecule has 0 aliphatic rings. The number of rotatable bonds is 9. The van der Waals surface area contributed by atoms with E-state index in [0.29, 0.717) is 24.0 Å². The van der Waals surface area contributed by atoms with Crippen molar-refractivity contribution in [2.45, 2.75) is 57.4 Å². The van der Waals surface area contributed by atoms with Crippen LogP contribution in [0.3, 0.4) is 0 Å². The number of aryl methyl sites for hydroxylation is 3. The molecule has 3 N–H and O–H groups in total. The summed E-state index contributed by atoms with van der Waals surface area (Å²) in [5, 5.41) is 30.3. The third kappa shape index (κ3) is 5.25. The SMILES string of the molecule is CCc1cccc(-c2csc(CCc3ccc(CO)c(CO)c3)c2)c1C(O)(F)C(F)(F)C(F)(F)F. The van der Waals surface area contributed by atoms with E-state index in [4.69, 9.17) is 0 Å². The summed E-state index contributed by atoms with van der Waals surface area (Å²) in [5.41, 5.74) is 0.786. The zero-order valence-electron chi connectivity index (χ0n) is 18.7. The first kappa shape index (κ1) is 27.2. The van der Waals surface area contributed by atoms with Gasteiger partial charge >= 0.3 is 18.0 Å². The molecule has 3 rings (SSSR count). The lowest BCUT2D eigenvalue weighted by Gasteiger charge is -2.33. The van der Waals surface area contributed by atoms with Gasteiger partial charge in [-0.25, -0.2) is 0 Å².